The molecule has 1 amide bonds. The Morgan fingerprint density at radius 3 is 2.84 bits per heavy atom. The number of anilines is 1. The van der Waals surface area contributed by atoms with Crippen LogP contribution in [0, 0.1) is 5.41 Å². The van der Waals surface area contributed by atoms with Crippen molar-refractivity contribution in [1.29, 1.82) is 5.41 Å². The zero-order chi connectivity index (χ0) is 14.3. The first-order valence-electron chi connectivity index (χ1n) is 5.34. The van der Waals surface area contributed by atoms with E-state index < -0.39 is 0 Å². The second-order valence-corrected chi connectivity index (χ2v) is 5.02. The summed E-state index contributed by atoms with van der Waals surface area (Å²) in [6.45, 7) is 0. The van der Waals surface area contributed by atoms with Gasteiger partial charge in [-0.1, -0.05) is 29.4 Å². The lowest BCUT2D eigenvalue weighted by Crippen LogP contribution is -2.23. The summed E-state index contributed by atoms with van der Waals surface area (Å²) in [6.07, 6.45) is 0.250. The maximum absolute atomic E-state index is 11.6. The average Bonchev–Trinajstić information content (AvgIpc) is 2.27. The van der Waals surface area contributed by atoms with Gasteiger partial charge in [0, 0.05) is 22.9 Å². The highest BCUT2D eigenvalue weighted by molar-refractivity contribution is 8.13. The van der Waals surface area contributed by atoms with E-state index in [2.05, 4.69) is 10.3 Å². The summed E-state index contributed by atoms with van der Waals surface area (Å²) in [5.74, 6) is 0.0929. The number of carbonyl (C=O) groups is 1. The first kappa shape index (κ1) is 15.3. The van der Waals surface area contributed by atoms with E-state index in [1.165, 1.54) is 0 Å². The van der Waals surface area contributed by atoms with Crippen molar-refractivity contribution in [3.8, 4) is 0 Å². The number of nitrogens with one attached hydrogen (secondary N) is 2. The fraction of sp³-hybridized carbons (Fsp3) is 0.182. The van der Waals surface area contributed by atoms with Gasteiger partial charge < -0.3 is 16.8 Å². The molecule has 6 nitrogen and oxygen atoms in total. The molecule has 19 heavy (non-hydrogen) atoms. The molecular formula is C11H14ClN5OS. The van der Waals surface area contributed by atoms with Crippen molar-refractivity contribution in [2.45, 2.75) is 6.42 Å². The highest BCUT2D eigenvalue weighted by Crippen LogP contribution is 2.15. The zero-order valence-electron chi connectivity index (χ0n) is 10.0. The van der Waals surface area contributed by atoms with Crippen LogP contribution in [0.25, 0.3) is 0 Å². The number of halogens is 1. The molecule has 102 valence electrons. The minimum Gasteiger partial charge on any atom is -0.370 e. The molecule has 0 radical (unpaired) electrons. The van der Waals surface area contributed by atoms with Crippen LogP contribution in [0.3, 0.4) is 0 Å². The molecule has 0 aliphatic carbocycles. The summed E-state index contributed by atoms with van der Waals surface area (Å²) in [5.41, 5.74) is 10.9. The molecule has 0 unspecified atom stereocenters. The fourth-order valence-electron chi connectivity index (χ4n) is 1.18. The van der Waals surface area contributed by atoms with Gasteiger partial charge in [-0.3, -0.25) is 10.2 Å². The first-order chi connectivity index (χ1) is 8.97. The van der Waals surface area contributed by atoms with Crippen LogP contribution in [0.4, 0.5) is 5.69 Å². The number of amidine groups is 1. The van der Waals surface area contributed by atoms with E-state index in [-0.39, 0.29) is 23.5 Å². The van der Waals surface area contributed by atoms with Crippen molar-refractivity contribution in [3.05, 3.63) is 29.3 Å². The Morgan fingerprint density at radius 2 is 2.21 bits per heavy atom. The number of rotatable bonds is 4. The number of carbonyl (C=O) groups excluding carboxylic acids is 1. The molecule has 0 heterocycles. The van der Waals surface area contributed by atoms with Gasteiger partial charge in [0.1, 0.15) is 0 Å². The summed E-state index contributed by atoms with van der Waals surface area (Å²) in [5, 5.41) is 10.6. The van der Waals surface area contributed by atoms with E-state index in [1.807, 2.05) is 0 Å². The van der Waals surface area contributed by atoms with Gasteiger partial charge in [0.25, 0.3) is 0 Å². The molecule has 1 aromatic rings. The van der Waals surface area contributed by atoms with Crippen LogP contribution in [0.1, 0.15) is 6.42 Å². The van der Waals surface area contributed by atoms with Crippen molar-refractivity contribution in [1.82, 2.24) is 0 Å². The van der Waals surface area contributed by atoms with Gasteiger partial charge in [0.15, 0.2) is 11.1 Å². The Kier molecular flexibility index (Phi) is 6.17. The number of thioether (sulfide) groups is 1. The topological polar surface area (TPSA) is 117 Å². The van der Waals surface area contributed by atoms with E-state index in [4.69, 9.17) is 28.5 Å². The molecule has 0 saturated heterocycles. The Balaban J connectivity index is 2.33. The van der Waals surface area contributed by atoms with Crippen molar-refractivity contribution >= 4 is 46.1 Å². The van der Waals surface area contributed by atoms with Gasteiger partial charge in [-0.05, 0) is 18.2 Å². The summed E-state index contributed by atoms with van der Waals surface area (Å²) >= 11 is 6.90. The lowest BCUT2D eigenvalue weighted by atomic mass is 10.3. The zero-order valence-corrected chi connectivity index (χ0v) is 11.6. The van der Waals surface area contributed by atoms with Crippen LogP contribution in [0.2, 0.25) is 5.02 Å². The Bertz CT molecular complexity index is 502. The maximum atomic E-state index is 11.6. The summed E-state index contributed by atoms with van der Waals surface area (Å²) in [7, 11) is 0. The molecule has 0 aliphatic heterocycles. The molecule has 1 aromatic carbocycles. The van der Waals surface area contributed by atoms with E-state index in [9.17, 15) is 4.79 Å². The Labute approximate surface area is 120 Å². The van der Waals surface area contributed by atoms with Crippen molar-refractivity contribution < 1.29 is 4.79 Å². The summed E-state index contributed by atoms with van der Waals surface area (Å²) in [6, 6.07) is 6.89. The molecule has 8 heteroatoms. The van der Waals surface area contributed by atoms with E-state index in [0.717, 1.165) is 11.8 Å². The van der Waals surface area contributed by atoms with Crippen LogP contribution in [0.15, 0.2) is 29.3 Å². The third kappa shape index (κ3) is 6.68. The average molecular weight is 300 g/mol. The van der Waals surface area contributed by atoms with Gasteiger partial charge in [0.2, 0.25) is 5.91 Å². The van der Waals surface area contributed by atoms with Crippen molar-refractivity contribution in [3.63, 3.8) is 0 Å². The van der Waals surface area contributed by atoms with Crippen molar-refractivity contribution in [2.24, 2.45) is 16.5 Å². The lowest BCUT2D eigenvalue weighted by molar-refractivity contribution is -0.115. The molecule has 0 bridgehead atoms. The molecule has 0 aromatic heterocycles. The van der Waals surface area contributed by atoms with Gasteiger partial charge in [-0.2, -0.15) is 4.99 Å². The van der Waals surface area contributed by atoms with Gasteiger partial charge in [-0.25, -0.2) is 0 Å². The molecule has 0 fully saturated rings. The molecule has 1 rings (SSSR count). The number of guanidine groups is 1. The lowest BCUT2D eigenvalue weighted by Gasteiger charge is -2.05. The minimum atomic E-state index is -0.166. The van der Waals surface area contributed by atoms with Crippen LogP contribution in [-0.4, -0.2) is 22.8 Å². The van der Waals surface area contributed by atoms with E-state index >= 15 is 0 Å². The maximum Gasteiger partial charge on any atom is 0.225 e. The number of hydrogen-bond acceptors (Lipinski definition) is 3. The summed E-state index contributed by atoms with van der Waals surface area (Å²) < 4.78 is 0. The van der Waals surface area contributed by atoms with Crippen LogP contribution in [-0.2, 0) is 4.79 Å². The van der Waals surface area contributed by atoms with Crippen LogP contribution in [0.5, 0.6) is 0 Å². The minimum absolute atomic E-state index is 0.0180. The van der Waals surface area contributed by atoms with Gasteiger partial charge in [-0.15, -0.1) is 0 Å². The molecule has 0 aliphatic rings. The monoisotopic (exact) mass is 299 g/mol. The standard InChI is InChI=1S/C11H14ClN5OS/c12-7-2-1-3-8(6-7)16-9(18)4-5-19-11(15)17-10(13)14/h1-3,6H,4-5H2,(H,16,18)(H5,13,14,15,17). The SMILES string of the molecule is N=C(N=C(N)N)SCCC(=O)Nc1cccc(Cl)c1. The number of nitrogens with two attached hydrogens (primary N) is 2. The Hall–Kier alpha value is -1.73. The number of nitrogens with zero attached hydrogens (tertiary/aromatic N) is 1. The highest BCUT2D eigenvalue weighted by Gasteiger charge is 2.04. The Morgan fingerprint density at radius 1 is 1.47 bits per heavy atom. The molecule has 0 atom stereocenters. The second-order valence-electron chi connectivity index (χ2n) is 3.50. The van der Waals surface area contributed by atoms with E-state index in [1.54, 1.807) is 24.3 Å². The largest absolute Gasteiger partial charge is 0.370 e. The third-order valence-corrected chi connectivity index (χ3v) is 2.91. The smallest absolute Gasteiger partial charge is 0.225 e. The first-order valence-corrected chi connectivity index (χ1v) is 6.70. The second kappa shape index (κ2) is 7.65. The predicted molar refractivity (Wildman–Crippen MR) is 80.7 cm³/mol. The third-order valence-electron chi connectivity index (χ3n) is 1.91. The number of aliphatic imine (C=N–C) groups is 1. The molecule has 0 spiro atoms. The van der Waals surface area contributed by atoms with E-state index in [0.29, 0.717) is 16.5 Å². The number of hydrogen-bond donors (Lipinski definition) is 4. The number of benzene rings is 1. The van der Waals surface area contributed by atoms with Crippen LogP contribution >= 0.6 is 23.4 Å². The molecule has 0 saturated carbocycles. The highest BCUT2D eigenvalue weighted by atomic mass is 35.5. The normalized spacial score (nSPS) is 9.74. The molecule has 6 N–H and O–H groups in total. The van der Waals surface area contributed by atoms with Crippen molar-refractivity contribution in [2.75, 3.05) is 11.1 Å². The molecular weight excluding hydrogens is 286 g/mol. The quantitative estimate of drug-likeness (QED) is 0.499. The fourth-order valence-corrected chi connectivity index (χ4v) is 2.02. The number of amides is 1. The predicted octanol–water partition coefficient (Wildman–Crippen LogP) is 1.61. The van der Waals surface area contributed by atoms with Gasteiger partial charge >= 0.3 is 0 Å². The van der Waals surface area contributed by atoms with Crippen LogP contribution < -0.4 is 16.8 Å². The summed E-state index contributed by atoms with van der Waals surface area (Å²) in [4.78, 5) is 15.1. The van der Waals surface area contributed by atoms with Gasteiger partial charge in [0.05, 0.1) is 0 Å².